The molecule has 21 heavy (non-hydrogen) atoms. The average molecular weight is 289 g/mol. The molecule has 5 nitrogen and oxygen atoms in total. The van der Waals surface area contributed by atoms with Crippen LogP contribution in [-0.4, -0.2) is 29.6 Å². The molecule has 0 bridgehead atoms. The number of hydrogen-bond donors (Lipinski definition) is 2. The maximum atomic E-state index is 11.4. The summed E-state index contributed by atoms with van der Waals surface area (Å²) in [5, 5.41) is 12.1. The first kappa shape index (κ1) is 16.6. The molecule has 0 spiro atoms. The first-order chi connectivity index (χ1) is 9.83. The zero-order valence-corrected chi connectivity index (χ0v) is 12.4. The molecule has 0 aliphatic heterocycles. The van der Waals surface area contributed by atoms with E-state index in [4.69, 9.17) is 4.74 Å². The van der Waals surface area contributed by atoms with Crippen molar-refractivity contribution in [1.82, 2.24) is 5.32 Å². The van der Waals surface area contributed by atoms with Crippen molar-refractivity contribution in [3.8, 4) is 17.6 Å². The fourth-order valence-electron chi connectivity index (χ4n) is 1.48. The van der Waals surface area contributed by atoms with Crippen LogP contribution in [-0.2, 0) is 4.74 Å². The van der Waals surface area contributed by atoms with Gasteiger partial charge in [0.15, 0.2) is 6.29 Å². The summed E-state index contributed by atoms with van der Waals surface area (Å²) in [5.41, 5.74) is 0.100. The van der Waals surface area contributed by atoms with E-state index in [1.165, 1.54) is 6.07 Å². The van der Waals surface area contributed by atoms with Crippen LogP contribution in [0.3, 0.4) is 0 Å². The second-order valence-corrected chi connectivity index (χ2v) is 5.34. The van der Waals surface area contributed by atoms with Crippen molar-refractivity contribution in [2.75, 3.05) is 6.54 Å². The van der Waals surface area contributed by atoms with Gasteiger partial charge >= 0.3 is 6.09 Å². The van der Waals surface area contributed by atoms with Gasteiger partial charge in [-0.15, -0.1) is 0 Å². The van der Waals surface area contributed by atoms with Crippen molar-refractivity contribution >= 4 is 12.4 Å². The first-order valence-corrected chi connectivity index (χ1v) is 6.56. The number of aldehydes is 1. The third-order valence-corrected chi connectivity index (χ3v) is 2.34. The van der Waals surface area contributed by atoms with Crippen LogP contribution in [0.5, 0.6) is 5.75 Å². The maximum absolute atomic E-state index is 11.4. The summed E-state index contributed by atoms with van der Waals surface area (Å²) in [4.78, 5) is 22.2. The number of rotatable bonds is 3. The summed E-state index contributed by atoms with van der Waals surface area (Å²) in [6.45, 7) is 5.71. The zero-order chi connectivity index (χ0) is 15.9. The number of nitrogens with one attached hydrogen (secondary N) is 1. The Labute approximate surface area is 124 Å². The maximum Gasteiger partial charge on any atom is 0.407 e. The zero-order valence-electron chi connectivity index (χ0n) is 12.4. The van der Waals surface area contributed by atoms with E-state index in [9.17, 15) is 14.7 Å². The van der Waals surface area contributed by atoms with Gasteiger partial charge in [-0.3, -0.25) is 4.79 Å². The predicted molar refractivity (Wildman–Crippen MR) is 79.2 cm³/mol. The Kier molecular flexibility index (Phi) is 5.79. The lowest BCUT2D eigenvalue weighted by Gasteiger charge is -2.19. The lowest BCUT2D eigenvalue weighted by Crippen LogP contribution is -2.32. The van der Waals surface area contributed by atoms with Gasteiger partial charge in [0.25, 0.3) is 0 Å². The molecule has 0 aromatic heterocycles. The van der Waals surface area contributed by atoms with Gasteiger partial charge in [0.1, 0.15) is 11.4 Å². The number of carbonyl (C=O) groups is 2. The Morgan fingerprint density at radius 3 is 2.76 bits per heavy atom. The van der Waals surface area contributed by atoms with Gasteiger partial charge in [-0.2, -0.15) is 0 Å². The van der Waals surface area contributed by atoms with Crippen LogP contribution in [0.4, 0.5) is 4.79 Å². The van der Waals surface area contributed by atoms with Crippen molar-refractivity contribution in [2.24, 2.45) is 0 Å². The van der Waals surface area contributed by atoms with Gasteiger partial charge < -0.3 is 15.2 Å². The van der Waals surface area contributed by atoms with Crippen molar-refractivity contribution < 1.29 is 19.4 Å². The van der Waals surface area contributed by atoms with E-state index >= 15 is 0 Å². The lowest BCUT2D eigenvalue weighted by atomic mass is 10.1. The van der Waals surface area contributed by atoms with Crippen molar-refractivity contribution in [1.29, 1.82) is 0 Å². The van der Waals surface area contributed by atoms with Crippen LogP contribution in [0.25, 0.3) is 0 Å². The SMILES string of the molecule is CC(C)(C)OC(=O)NCCC#Cc1cccc(O)c1C=O. The van der Waals surface area contributed by atoms with Gasteiger partial charge in [-0.1, -0.05) is 17.9 Å². The van der Waals surface area contributed by atoms with Crippen LogP contribution in [0.15, 0.2) is 18.2 Å². The Morgan fingerprint density at radius 1 is 1.43 bits per heavy atom. The average Bonchev–Trinajstić information content (AvgIpc) is 2.36. The highest BCUT2D eigenvalue weighted by atomic mass is 16.6. The molecule has 2 N–H and O–H groups in total. The van der Waals surface area contributed by atoms with Crippen LogP contribution in [0.2, 0.25) is 0 Å². The van der Waals surface area contributed by atoms with Gasteiger partial charge in [-0.05, 0) is 32.9 Å². The highest BCUT2D eigenvalue weighted by molar-refractivity contribution is 5.83. The molecule has 0 aliphatic rings. The largest absolute Gasteiger partial charge is 0.507 e. The summed E-state index contributed by atoms with van der Waals surface area (Å²) < 4.78 is 5.08. The Morgan fingerprint density at radius 2 is 2.14 bits per heavy atom. The molecular formula is C16H19NO4. The fraction of sp³-hybridized carbons (Fsp3) is 0.375. The summed E-state index contributed by atoms with van der Waals surface area (Å²) in [6.07, 6.45) is 0.487. The van der Waals surface area contributed by atoms with E-state index in [-0.39, 0.29) is 11.3 Å². The predicted octanol–water partition coefficient (Wildman–Crippen LogP) is 2.47. The number of ether oxygens (including phenoxy) is 1. The molecule has 1 aromatic carbocycles. The van der Waals surface area contributed by atoms with Crippen LogP contribution in [0, 0.1) is 11.8 Å². The minimum absolute atomic E-state index is 0.0938. The molecular weight excluding hydrogens is 270 g/mol. The van der Waals surface area contributed by atoms with Crippen molar-refractivity contribution in [2.45, 2.75) is 32.8 Å². The van der Waals surface area contributed by atoms with E-state index in [0.717, 1.165) is 0 Å². The Balaban J connectivity index is 2.50. The summed E-state index contributed by atoms with van der Waals surface area (Å²) in [6, 6.07) is 4.70. The molecule has 0 saturated heterocycles. The van der Waals surface area contributed by atoms with Crippen LogP contribution in [0.1, 0.15) is 43.1 Å². The number of phenolic OH excluding ortho intramolecular Hbond substituents is 1. The van der Waals surface area contributed by atoms with E-state index in [1.54, 1.807) is 32.9 Å². The number of hydrogen-bond acceptors (Lipinski definition) is 4. The molecule has 112 valence electrons. The Hall–Kier alpha value is -2.48. The van der Waals surface area contributed by atoms with Gasteiger partial charge in [0.05, 0.1) is 5.56 Å². The summed E-state index contributed by atoms with van der Waals surface area (Å²) >= 11 is 0. The Bertz CT molecular complexity index is 576. The van der Waals surface area contributed by atoms with Gasteiger partial charge in [-0.25, -0.2) is 4.79 Å². The number of amides is 1. The third-order valence-electron chi connectivity index (χ3n) is 2.34. The summed E-state index contributed by atoms with van der Waals surface area (Å²) in [7, 11) is 0. The minimum atomic E-state index is -0.532. The first-order valence-electron chi connectivity index (χ1n) is 6.56. The number of benzene rings is 1. The quantitative estimate of drug-likeness (QED) is 0.509. The normalized spacial score (nSPS) is 10.2. The molecule has 1 rings (SSSR count). The summed E-state index contributed by atoms with van der Waals surface area (Å²) in [5.74, 6) is 5.53. The highest BCUT2D eigenvalue weighted by Crippen LogP contribution is 2.17. The number of aromatic hydroxyl groups is 1. The van der Waals surface area contributed by atoms with Crippen molar-refractivity contribution in [3.05, 3.63) is 29.3 Å². The van der Waals surface area contributed by atoms with E-state index in [1.807, 2.05) is 0 Å². The lowest BCUT2D eigenvalue weighted by molar-refractivity contribution is 0.0529. The molecule has 0 aliphatic carbocycles. The van der Waals surface area contributed by atoms with E-state index in [2.05, 4.69) is 17.2 Å². The van der Waals surface area contributed by atoms with E-state index < -0.39 is 11.7 Å². The molecule has 0 unspecified atom stereocenters. The van der Waals surface area contributed by atoms with Gasteiger partial charge in [0.2, 0.25) is 0 Å². The topological polar surface area (TPSA) is 75.6 Å². The third kappa shape index (κ3) is 6.00. The number of alkyl carbamates (subject to hydrolysis) is 1. The number of carbonyl (C=O) groups excluding carboxylic acids is 2. The second-order valence-electron chi connectivity index (χ2n) is 5.34. The molecule has 0 atom stereocenters. The fourth-order valence-corrected chi connectivity index (χ4v) is 1.48. The van der Waals surface area contributed by atoms with Crippen molar-refractivity contribution in [3.63, 3.8) is 0 Å². The van der Waals surface area contributed by atoms with Gasteiger partial charge in [0, 0.05) is 18.5 Å². The van der Waals surface area contributed by atoms with E-state index in [0.29, 0.717) is 24.8 Å². The molecule has 0 saturated carbocycles. The van der Waals surface area contributed by atoms with Crippen LogP contribution < -0.4 is 5.32 Å². The number of phenols is 1. The molecule has 0 fully saturated rings. The smallest absolute Gasteiger partial charge is 0.407 e. The molecule has 5 heteroatoms. The monoisotopic (exact) mass is 289 g/mol. The van der Waals surface area contributed by atoms with Crippen LogP contribution >= 0.6 is 0 Å². The minimum Gasteiger partial charge on any atom is -0.507 e. The second kappa shape index (κ2) is 7.34. The molecule has 1 amide bonds. The molecule has 1 aromatic rings. The standard InChI is InChI=1S/C16H19NO4/c1-16(2,3)21-15(20)17-10-5-4-7-12-8-6-9-14(19)13(12)11-18/h6,8-9,11,19H,5,10H2,1-3H3,(H,17,20). The molecule has 0 radical (unpaired) electrons. The molecule has 0 heterocycles. The highest BCUT2D eigenvalue weighted by Gasteiger charge is 2.15.